The summed E-state index contributed by atoms with van der Waals surface area (Å²) in [5.41, 5.74) is -2.17. The zero-order chi connectivity index (χ0) is 20.0. The largest absolute Gasteiger partial charge is 1.00 e. The molecule has 0 spiro atoms. The van der Waals surface area contributed by atoms with E-state index in [4.69, 9.17) is 0 Å². The number of benzene rings is 2. The second-order valence-electron chi connectivity index (χ2n) is 6.68. The van der Waals surface area contributed by atoms with E-state index in [9.17, 15) is 27.9 Å². The first-order chi connectivity index (χ1) is 13.4. The Bertz CT molecular complexity index is 1160. The molecule has 1 saturated carbocycles. The van der Waals surface area contributed by atoms with E-state index < -0.39 is 51.0 Å². The van der Waals surface area contributed by atoms with Gasteiger partial charge in [-0.3, -0.25) is 4.79 Å². The SMILES string of the molecule is O=C([O-])c1cn(C2CC2)c2c(F)c(F)c(F)c(NCc3ccccc3)c2c1=O.[K+]. The third-order valence-electron chi connectivity index (χ3n) is 4.77. The van der Waals surface area contributed by atoms with E-state index in [-0.39, 0.29) is 64.0 Å². The van der Waals surface area contributed by atoms with Crippen molar-refractivity contribution in [1.82, 2.24) is 4.57 Å². The van der Waals surface area contributed by atoms with E-state index in [0.717, 1.165) is 6.20 Å². The Hall–Kier alpha value is -1.65. The first-order valence-corrected chi connectivity index (χ1v) is 8.64. The molecule has 0 radical (unpaired) electrons. The van der Waals surface area contributed by atoms with Crippen LogP contribution in [0.25, 0.3) is 10.9 Å². The minimum Gasteiger partial charge on any atom is -0.545 e. The van der Waals surface area contributed by atoms with Gasteiger partial charge in [0.2, 0.25) is 5.43 Å². The number of aromatic carboxylic acids is 1. The number of hydrogen-bond acceptors (Lipinski definition) is 4. The number of hydrogen-bond donors (Lipinski definition) is 1. The van der Waals surface area contributed by atoms with Crippen LogP contribution in [0.5, 0.6) is 0 Å². The summed E-state index contributed by atoms with van der Waals surface area (Å²) < 4.78 is 44.6. The first-order valence-electron chi connectivity index (χ1n) is 8.64. The van der Waals surface area contributed by atoms with Gasteiger partial charge >= 0.3 is 51.4 Å². The van der Waals surface area contributed by atoms with E-state index in [1.807, 2.05) is 0 Å². The number of pyridine rings is 1. The van der Waals surface area contributed by atoms with Gasteiger partial charge in [-0.1, -0.05) is 30.3 Å². The quantitative estimate of drug-likeness (QED) is 0.451. The average molecular weight is 426 g/mol. The van der Waals surface area contributed by atoms with E-state index in [1.54, 1.807) is 30.3 Å². The van der Waals surface area contributed by atoms with Crippen molar-refractivity contribution in [3.63, 3.8) is 0 Å². The Kier molecular flexibility index (Phi) is 6.54. The zero-order valence-corrected chi connectivity index (χ0v) is 18.6. The molecule has 2 aromatic carbocycles. The molecule has 5 nitrogen and oxygen atoms in total. The minimum atomic E-state index is -1.76. The van der Waals surface area contributed by atoms with Crippen molar-refractivity contribution in [2.45, 2.75) is 25.4 Å². The van der Waals surface area contributed by atoms with Crippen molar-refractivity contribution in [2.75, 3.05) is 5.32 Å². The Balaban J connectivity index is 0.00000240. The molecule has 1 fully saturated rings. The monoisotopic (exact) mass is 426 g/mol. The summed E-state index contributed by atoms with van der Waals surface area (Å²) >= 11 is 0. The van der Waals surface area contributed by atoms with Gasteiger partial charge in [-0.05, 0) is 18.4 Å². The number of nitrogens with one attached hydrogen (secondary N) is 1. The van der Waals surface area contributed by atoms with Crippen molar-refractivity contribution in [3.8, 4) is 0 Å². The van der Waals surface area contributed by atoms with Gasteiger partial charge in [-0.15, -0.1) is 0 Å². The van der Waals surface area contributed by atoms with Crippen LogP contribution in [0, 0.1) is 17.5 Å². The molecular weight excluding hydrogens is 412 g/mol. The van der Waals surface area contributed by atoms with Gasteiger partial charge in [-0.25, -0.2) is 13.2 Å². The second-order valence-corrected chi connectivity index (χ2v) is 6.68. The first kappa shape index (κ1) is 22.0. The van der Waals surface area contributed by atoms with Crippen LogP contribution < -0.4 is 67.2 Å². The number of carbonyl (C=O) groups is 1. The normalized spacial score (nSPS) is 13.2. The number of carbonyl (C=O) groups excluding carboxylic acids is 1. The standard InChI is InChI=1S/C20H15F3N2O3.K/c21-14-15(22)17(24-8-10-4-2-1-3-5-10)13-18(16(14)23)25(11-6-7-11)9-12(19(13)26)20(27)28;/h1-5,9,11,24H,6-8H2,(H,27,28);/q;+1/p-1. The molecule has 0 unspecified atom stereocenters. The molecule has 29 heavy (non-hydrogen) atoms. The number of nitrogens with zero attached hydrogens (tertiary/aromatic N) is 1. The van der Waals surface area contributed by atoms with Crippen molar-refractivity contribution in [3.05, 3.63) is 75.3 Å². The van der Waals surface area contributed by atoms with Crippen molar-refractivity contribution in [2.24, 2.45) is 0 Å². The van der Waals surface area contributed by atoms with Gasteiger partial charge in [0, 0.05) is 18.8 Å². The van der Waals surface area contributed by atoms with Gasteiger partial charge in [0.25, 0.3) is 0 Å². The topological polar surface area (TPSA) is 74.2 Å². The van der Waals surface area contributed by atoms with Crippen LogP contribution in [0.4, 0.5) is 18.9 Å². The molecule has 9 heteroatoms. The minimum absolute atomic E-state index is 0. The Morgan fingerprint density at radius 3 is 2.34 bits per heavy atom. The maximum Gasteiger partial charge on any atom is 1.00 e. The second kappa shape index (κ2) is 8.61. The maximum atomic E-state index is 14.6. The van der Waals surface area contributed by atoms with E-state index in [1.165, 1.54) is 4.57 Å². The van der Waals surface area contributed by atoms with E-state index in [0.29, 0.717) is 18.4 Å². The molecule has 3 aromatic rings. The number of rotatable bonds is 5. The molecular formula is C20H14F3KN2O3. The molecule has 0 amide bonds. The maximum absolute atomic E-state index is 14.6. The van der Waals surface area contributed by atoms with Crippen molar-refractivity contribution >= 4 is 22.6 Å². The Morgan fingerprint density at radius 1 is 1.10 bits per heavy atom. The number of anilines is 1. The molecule has 1 aromatic heterocycles. The molecule has 144 valence electrons. The van der Waals surface area contributed by atoms with Crippen LogP contribution in [0.15, 0.2) is 41.3 Å². The smallest absolute Gasteiger partial charge is 0.545 e. The summed E-state index contributed by atoms with van der Waals surface area (Å²) in [5, 5.41) is 13.5. The fourth-order valence-corrected chi connectivity index (χ4v) is 3.25. The summed E-state index contributed by atoms with van der Waals surface area (Å²) in [7, 11) is 0. The fraction of sp³-hybridized carbons (Fsp3) is 0.200. The third kappa shape index (κ3) is 4.02. The Labute approximate surface area is 206 Å². The number of aromatic nitrogens is 1. The Morgan fingerprint density at radius 2 is 1.76 bits per heavy atom. The van der Waals surface area contributed by atoms with Gasteiger partial charge in [0.1, 0.15) is 0 Å². The van der Waals surface area contributed by atoms with Crippen molar-refractivity contribution < 1.29 is 74.5 Å². The van der Waals surface area contributed by atoms with Crippen LogP contribution in [-0.4, -0.2) is 10.5 Å². The van der Waals surface area contributed by atoms with E-state index in [2.05, 4.69) is 5.32 Å². The summed E-state index contributed by atoms with van der Waals surface area (Å²) in [4.78, 5) is 24.1. The molecule has 1 N–H and O–H groups in total. The summed E-state index contributed by atoms with van der Waals surface area (Å²) in [6.45, 7) is 0.0242. The molecule has 0 aliphatic heterocycles. The summed E-state index contributed by atoms with van der Waals surface area (Å²) in [6.07, 6.45) is 2.16. The predicted octanol–water partition coefficient (Wildman–Crippen LogP) is -0.267. The van der Waals surface area contributed by atoms with E-state index >= 15 is 0 Å². The summed E-state index contributed by atoms with van der Waals surface area (Å²) in [6, 6.07) is 8.42. The molecule has 0 saturated heterocycles. The van der Waals surface area contributed by atoms with Crippen LogP contribution in [0.2, 0.25) is 0 Å². The number of carboxylic acids is 1. The number of halogens is 3. The average Bonchev–Trinajstić information content (AvgIpc) is 3.52. The zero-order valence-electron chi connectivity index (χ0n) is 15.5. The van der Waals surface area contributed by atoms with Gasteiger partial charge in [0.05, 0.1) is 28.1 Å². The van der Waals surface area contributed by atoms with Gasteiger partial charge in [-0.2, -0.15) is 0 Å². The number of carboxylic acid groups (broad SMARTS) is 1. The molecule has 1 aliphatic carbocycles. The summed E-state index contributed by atoms with van der Waals surface area (Å²) in [5.74, 6) is -6.58. The molecule has 0 bridgehead atoms. The van der Waals surface area contributed by atoms with Crippen LogP contribution >= 0.6 is 0 Å². The van der Waals surface area contributed by atoms with Crippen LogP contribution in [0.1, 0.15) is 34.8 Å². The molecule has 0 atom stereocenters. The van der Waals surface area contributed by atoms with Crippen LogP contribution in [0.3, 0.4) is 0 Å². The third-order valence-corrected chi connectivity index (χ3v) is 4.77. The predicted molar refractivity (Wildman–Crippen MR) is 94.5 cm³/mol. The van der Waals surface area contributed by atoms with Gasteiger partial charge in [0.15, 0.2) is 17.5 Å². The fourth-order valence-electron chi connectivity index (χ4n) is 3.25. The van der Waals surface area contributed by atoms with Crippen LogP contribution in [-0.2, 0) is 6.54 Å². The van der Waals surface area contributed by atoms with Crippen molar-refractivity contribution in [1.29, 1.82) is 0 Å². The number of fused-ring (bicyclic) bond motifs is 1. The molecule has 4 rings (SSSR count). The molecule has 1 aliphatic rings. The van der Waals surface area contributed by atoms with Gasteiger partial charge < -0.3 is 19.8 Å². The molecule has 1 heterocycles.